The summed E-state index contributed by atoms with van der Waals surface area (Å²) in [6.45, 7) is 8.12. The molecule has 0 amide bonds. The Morgan fingerprint density at radius 3 is 2.14 bits per heavy atom. The number of ketones is 1. The minimum absolute atomic E-state index is 0.00498. The monoisotopic (exact) mass is 421 g/mol. The largest absolute Gasteiger partial charge is 0.454 e. The van der Waals surface area contributed by atoms with E-state index in [1.54, 1.807) is 0 Å². The lowest BCUT2D eigenvalue weighted by Crippen LogP contribution is -2.42. The number of benzene rings is 1. The van der Waals surface area contributed by atoms with Crippen molar-refractivity contribution in [1.82, 2.24) is 4.31 Å². The summed E-state index contributed by atoms with van der Waals surface area (Å²) in [5.41, 5.74) is 3.49. The molecule has 1 aliphatic heterocycles. The maximum Gasteiger partial charge on any atom is 0.309 e. The average molecular weight is 422 g/mol. The van der Waals surface area contributed by atoms with Crippen LogP contribution in [0.15, 0.2) is 11.0 Å². The van der Waals surface area contributed by atoms with Gasteiger partial charge in [0.15, 0.2) is 11.9 Å². The van der Waals surface area contributed by atoms with Crippen LogP contribution in [0.2, 0.25) is 0 Å². The van der Waals surface area contributed by atoms with E-state index in [1.165, 1.54) is 4.31 Å². The molecule has 1 aliphatic carbocycles. The van der Waals surface area contributed by atoms with E-state index in [4.69, 9.17) is 4.74 Å². The van der Waals surface area contributed by atoms with E-state index in [0.29, 0.717) is 30.6 Å². The summed E-state index contributed by atoms with van der Waals surface area (Å²) in [6, 6.07) is 2.01. The van der Waals surface area contributed by atoms with E-state index < -0.39 is 16.1 Å². The molecule has 6 nitrogen and oxygen atoms in total. The molecule has 160 valence electrons. The van der Waals surface area contributed by atoms with Crippen LogP contribution in [0.5, 0.6) is 0 Å². The first-order valence-electron chi connectivity index (χ1n) is 10.4. The van der Waals surface area contributed by atoms with Crippen molar-refractivity contribution in [2.45, 2.75) is 77.2 Å². The topological polar surface area (TPSA) is 80.8 Å². The number of aryl methyl sites for hydroxylation is 2. The molecule has 0 N–H and O–H groups in total. The third-order valence-electron chi connectivity index (χ3n) is 6.44. The Hall–Kier alpha value is -1.73. The number of ether oxygens (including phenoxy) is 1. The van der Waals surface area contributed by atoms with Gasteiger partial charge in [-0.3, -0.25) is 9.59 Å². The molecule has 0 aromatic heterocycles. The predicted octanol–water partition coefficient (Wildman–Crippen LogP) is 3.38. The van der Waals surface area contributed by atoms with E-state index in [-0.39, 0.29) is 30.8 Å². The number of Topliss-reactive ketones (excluding diaryl/α,β-unsaturated/α-hetero) is 1. The molecule has 1 saturated heterocycles. The quantitative estimate of drug-likeness (QED) is 0.696. The summed E-state index contributed by atoms with van der Waals surface area (Å²) < 4.78 is 33.6. The van der Waals surface area contributed by atoms with Crippen LogP contribution in [-0.4, -0.2) is 43.7 Å². The van der Waals surface area contributed by atoms with Crippen molar-refractivity contribution >= 4 is 21.8 Å². The van der Waals surface area contributed by atoms with E-state index in [2.05, 4.69) is 0 Å². The molecule has 0 radical (unpaired) electrons. The normalized spacial score (nSPS) is 21.9. The lowest BCUT2D eigenvalue weighted by Gasteiger charge is -2.32. The maximum absolute atomic E-state index is 13.3. The molecule has 2 fully saturated rings. The molecule has 3 rings (SSSR count). The van der Waals surface area contributed by atoms with Gasteiger partial charge < -0.3 is 4.74 Å². The van der Waals surface area contributed by atoms with E-state index in [0.717, 1.165) is 35.1 Å². The molecule has 1 aromatic rings. The Kier molecular flexibility index (Phi) is 6.48. The third-order valence-corrected chi connectivity index (χ3v) is 8.61. The lowest BCUT2D eigenvalue weighted by atomic mass is 9.95. The van der Waals surface area contributed by atoms with Gasteiger partial charge >= 0.3 is 5.97 Å². The summed E-state index contributed by atoms with van der Waals surface area (Å²) in [6.07, 6.45) is 3.06. The van der Waals surface area contributed by atoms with Crippen LogP contribution in [0.25, 0.3) is 0 Å². The molecule has 1 aromatic carbocycles. The van der Waals surface area contributed by atoms with Crippen molar-refractivity contribution in [3.05, 3.63) is 28.3 Å². The zero-order valence-electron chi connectivity index (χ0n) is 17.8. The number of sulfonamides is 1. The van der Waals surface area contributed by atoms with Crippen molar-refractivity contribution in [2.75, 3.05) is 13.1 Å². The molecule has 1 atom stereocenters. The first-order valence-corrected chi connectivity index (χ1v) is 11.9. The lowest BCUT2D eigenvalue weighted by molar-refractivity contribution is -0.161. The molecule has 0 unspecified atom stereocenters. The zero-order chi connectivity index (χ0) is 21.3. The van der Waals surface area contributed by atoms with Gasteiger partial charge in [-0.2, -0.15) is 4.31 Å². The van der Waals surface area contributed by atoms with Crippen LogP contribution >= 0.6 is 0 Å². The Labute approximate surface area is 173 Å². The minimum Gasteiger partial charge on any atom is -0.454 e. The van der Waals surface area contributed by atoms with Gasteiger partial charge in [-0.1, -0.05) is 6.07 Å². The van der Waals surface area contributed by atoms with Crippen molar-refractivity contribution in [3.63, 3.8) is 0 Å². The predicted molar refractivity (Wildman–Crippen MR) is 110 cm³/mol. The van der Waals surface area contributed by atoms with E-state index >= 15 is 0 Å². The first kappa shape index (κ1) is 22.0. The number of nitrogens with zero attached hydrogens (tertiary/aromatic N) is 1. The third kappa shape index (κ3) is 4.40. The maximum atomic E-state index is 13.3. The molecule has 1 heterocycles. The van der Waals surface area contributed by atoms with Crippen LogP contribution in [0.4, 0.5) is 0 Å². The molecule has 1 saturated carbocycles. The van der Waals surface area contributed by atoms with Gasteiger partial charge in [0.1, 0.15) is 0 Å². The Morgan fingerprint density at radius 2 is 1.59 bits per heavy atom. The molecular weight excluding hydrogens is 390 g/mol. The van der Waals surface area contributed by atoms with Crippen molar-refractivity contribution < 1.29 is 22.7 Å². The standard InChI is InChI=1S/C22H31NO5S/c1-14-13-15(2)17(4)21(16(14)3)29(26,27)23-11-9-18(10-12-23)22(25)28-20-8-6-5-7-19(20)24/h13,18,20H,5-12H2,1-4H3/t20-/m0/s1. The fourth-order valence-corrected chi connectivity index (χ4v) is 6.39. The summed E-state index contributed by atoms with van der Waals surface area (Å²) in [4.78, 5) is 24.8. The van der Waals surface area contributed by atoms with E-state index in [1.807, 2.05) is 33.8 Å². The van der Waals surface area contributed by atoms with Crippen molar-refractivity contribution in [1.29, 1.82) is 0 Å². The number of hydrogen-bond donors (Lipinski definition) is 0. The Bertz CT molecular complexity index is 887. The number of carbonyl (C=O) groups excluding carboxylic acids is 2. The second-order valence-corrected chi connectivity index (χ2v) is 10.3. The van der Waals surface area contributed by atoms with Gasteiger partial charge in [-0.25, -0.2) is 8.42 Å². The smallest absolute Gasteiger partial charge is 0.309 e. The fraction of sp³-hybridized carbons (Fsp3) is 0.636. The Balaban J connectivity index is 1.69. The molecular formula is C22H31NO5S. The Morgan fingerprint density at radius 1 is 1.00 bits per heavy atom. The van der Waals surface area contributed by atoms with Crippen LogP contribution in [0.3, 0.4) is 0 Å². The van der Waals surface area contributed by atoms with Gasteiger partial charge in [0.05, 0.1) is 10.8 Å². The van der Waals surface area contributed by atoms with Crippen LogP contribution in [0.1, 0.15) is 60.8 Å². The SMILES string of the molecule is Cc1cc(C)c(C)c(S(=O)(=O)N2CCC(C(=O)O[C@H]3CCCCC3=O)CC2)c1C. The number of rotatable bonds is 4. The molecule has 7 heteroatoms. The number of carbonyl (C=O) groups is 2. The number of esters is 1. The number of piperidine rings is 1. The van der Waals surface area contributed by atoms with Gasteiger partial charge in [-0.15, -0.1) is 0 Å². The first-order chi connectivity index (χ1) is 13.6. The fourth-order valence-electron chi connectivity index (χ4n) is 4.34. The second-order valence-electron chi connectivity index (χ2n) is 8.41. The summed E-state index contributed by atoms with van der Waals surface area (Å²) in [5.74, 6) is -0.705. The zero-order valence-corrected chi connectivity index (χ0v) is 18.6. The summed E-state index contributed by atoms with van der Waals surface area (Å²) in [7, 11) is -3.63. The van der Waals surface area contributed by atoms with Crippen LogP contribution in [0, 0.1) is 33.6 Å². The van der Waals surface area contributed by atoms with Gasteiger partial charge in [-0.05, 0) is 82.1 Å². The highest BCUT2D eigenvalue weighted by atomic mass is 32.2. The van der Waals surface area contributed by atoms with Crippen LogP contribution in [-0.2, 0) is 24.3 Å². The second kappa shape index (κ2) is 8.56. The highest BCUT2D eigenvalue weighted by Crippen LogP contribution is 2.31. The van der Waals surface area contributed by atoms with Gasteiger partial charge in [0.25, 0.3) is 0 Å². The van der Waals surface area contributed by atoms with Crippen molar-refractivity contribution in [2.24, 2.45) is 5.92 Å². The summed E-state index contributed by atoms with van der Waals surface area (Å²) in [5, 5.41) is 0. The van der Waals surface area contributed by atoms with Crippen LogP contribution < -0.4 is 0 Å². The highest BCUT2D eigenvalue weighted by Gasteiger charge is 2.36. The van der Waals surface area contributed by atoms with Gasteiger partial charge in [0, 0.05) is 19.5 Å². The highest BCUT2D eigenvalue weighted by molar-refractivity contribution is 7.89. The number of hydrogen-bond acceptors (Lipinski definition) is 5. The molecule has 0 bridgehead atoms. The molecule has 2 aliphatic rings. The average Bonchev–Trinajstić information content (AvgIpc) is 2.68. The minimum atomic E-state index is -3.63. The van der Waals surface area contributed by atoms with E-state index in [9.17, 15) is 18.0 Å². The summed E-state index contributed by atoms with van der Waals surface area (Å²) >= 11 is 0. The van der Waals surface area contributed by atoms with Crippen molar-refractivity contribution in [3.8, 4) is 0 Å². The molecule has 29 heavy (non-hydrogen) atoms. The molecule has 0 spiro atoms. The van der Waals surface area contributed by atoms with Gasteiger partial charge in [0.2, 0.25) is 10.0 Å².